The fourth-order valence-electron chi connectivity index (χ4n) is 5.69. The molecule has 8 nitrogen and oxygen atoms in total. The molecular weight excluding hydrogens is 490 g/mol. The van der Waals surface area contributed by atoms with E-state index < -0.39 is 0 Å². The summed E-state index contributed by atoms with van der Waals surface area (Å²) in [5.41, 5.74) is 11.7. The molecule has 0 saturated carbocycles. The summed E-state index contributed by atoms with van der Waals surface area (Å²) < 4.78 is 14.9. The Balaban J connectivity index is 1.38. The van der Waals surface area contributed by atoms with Crippen LogP contribution in [0.2, 0.25) is 0 Å². The monoisotopic (exact) mass is 517 g/mol. The van der Waals surface area contributed by atoms with Gasteiger partial charge in [0.15, 0.2) is 0 Å². The molecule has 2 N–H and O–H groups in total. The molecule has 4 heterocycles. The Morgan fingerprint density at radius 1 is 1.05 bits per heavy atom. The summed E-state index contributed by atoms with van der Waals surface area (Å²) >= 11 is 0. The summed E-state index contributed by atoms with van der Waals surface area (Å²) in [4.78, 5) is 16.8. The van der Waals surface area contributed by atoms with Gasteiger partial charge < -0.3 is 19.8 Å². The molecule has 0 spiro atoms. The molecule has 1 saturated heterocycles. The van der Waals surface area contributed by atoms with Crippen LogP contribution in [-0.4, -0.2) is 45.6 Å². The summed E-state index contributed by atoms with van der Waals surface area (Å²) in [5, 5.41) is 9.15. The van der Waals surface area contributed by atoms with Crippen LogP contribution in [0.15, 0.2) is 79.1 Å². The largest absolute Gasteiger partial charge is 0.465 e. The molecule has 8 heteroatoms. The number of para-hydroxylation sites is 1. The van der Waals surface area contributed by atoms with E-state index in [1.807, 2.05) is 30.5 Å². The number of pyridine rings is 1. The predicted octanol–water partition coefficient (Wildman–Crippen LogP) is 5.58. The molecule has 1 aliphatic rings. The average Bonchev–Trinajstić information content (AvgIpc) is 3.72. The molecule has 7 rings (SSSR count). The fourth-order valence-corrected chi connectivity index (χ4v) is 5.69. The maximum atomic E-state index is 12.6. The second-order valence-electron chi connectivity index (χ2n) is 9.95. The number of methoxy groups -OCH3 is 1. The fraction of sp³-hybridized carbons (Fsp3) is 0.194. The van der Waals surface area contributed by atoms with Crippen LogP contribution in [0.5, 0.6) is 0 Å². The lowest BCUT2D eigenvalue weighted by molar-refractivity contribution is 0.0602. The zero-order chi connectivity index (χ0) is 26.5. The molecule has 1 atom stereocenters. The number of esters is 1. The van der Waals surface area contributed by atoms with Crippen molar-refractivity contribution < 1.29 is 14.3 Å². The van der Waals surface area contributed by atoms with Crippen LogP contribution in [-0.2, 0) is 16.0 Å². The van der Waals surface area contributed by atoms with Gasteiger partial charge in [0.1, 0.15) is 5.82 Å². The standard InChI is InChI=1S/C31H27N5O3/c1-38-31(37)24-4-2-3-20-10-13-35(29(20)24)17-27-26-16-22(7-8-28(26)36(34-27)23-11-14-39-18-23)21-6-5-19-9-12-33-30(32)25(19)15-21/h2-10,12-13,15-16,23H,11,14,17-18H2,1H3,(H2,32,33). The summed E-state index contributed by atoms with van der Waals surface area (Å²) in [7, 11) is 1.41. The number of nitrogen functional groups attached to an aromatic ring is 1. The SMILES string of the molecule is COC(=O)c1cccc2ccn(Cc3nn(C4CCOC4)c4ccc(-c5ccc6ccnc(N)c6c5)cc34)c12. The van der Waals surface area contributed by atoms with Gasteiger partial charge >= 0.3 is 5.97 Å². The first-order valence-corrected chi connectivity index (χ1v) is 13.0. The van der Waals surface area contributed by atoms with Crippen molar-refractivity contribution in [3.63, 3.8) is 0 Å². The Labute approximate surface area is 224 Å². The van der Waals surface area contributed by atoms with Gasteiger partial charge in [0.25, 0.3) is 0 Å². The number of aromatic nitrogens is 4. The van der Waals surface area contributed by atoms with E-state index >= 15 is 0 Å². The number of fused-ring (bicyclic) bond motifs is 3. The third-order valence-corrected chi connectivity index (χ3v) is 7.68. The van der Waals surface area contributed by atoms with Gasteiger partial charge in [-0.15, -0.1) is 0 Å². The Morgan fingerprint density at radius 2 is 1.90 bits per heavy atom. The molecule has 1 unspecified atom stereocenters. The minimum atomic E-state index is -0.355. The molecule has 1 aliphatic heterocycles. The molecular formula is C31H27N5O3. The molecule has 3 aromatic carbocycles. The van der Waals surface area contributed by atoms with Gasteiger partial charge in [0.2, 0.25) is 0 Å². The number of nitrogens with two attached hydrogens (primary N) is 1. The Bertz CT molecular complexity index is 1880. The molecule has 6 aromatic rings. The zero-order valence-corrected chi connectivity index (χ0v) is 21.5. The number of anilines is 1. The molecule has 0 radical (unpaired) electrons. The Hall–Kier alpha value is -4.69. The maximum Gasteiger partial charge on any atom is 0.340 e. The number of benzene rings is 3. The molecule has 39 heavy (non-hydrogen) atoms. The smallest absolute Gasteiger partial charge is 0.340 e. The summed E-state index contributed by atoms with van der Waals surface area (Å²) in [6, 6.07) is 22.6. The van der Waals surface area contributed by atoms with E-state index in [1.54, 1.807) is 12.3 Å². The van der Waals surface area contributed by atoms with Gasteiger partial charge in [-0.2, -0.15) is 5.10 Å². The van der Waals surface area contributed by atoms with E-state index in [2.05, 4.69) is 50.6 Å². The van der Waals surface area contributed by atoms with Gasteiger partial charge in [0.05, 0.1) is 48.6 Å². The first-order valence-electron chi connectivity index (χ1n) is 13.0. The third-order valence-electron chi connectivity index (χ3n) is 7.68. The number of carbonyl (C=O) groups is 1. The van der Waals surface area contributed by atoms with Crippen molar-refractivity contribution in [1.82, 2.24) is 19.3 Å². The quantitative estimate of drug-likeness (QED) is 0.300. The van der Waals surface area contributed by atoms with Crippen LogP contribution in [0, 0.1) is 0 Å². The van der Waals surface area contributed by atoms with Crippen molar-refractivity contribution in [2.75, 3.05) is 26.1 Å². The summed E-state index contributed by atoms with van der Waals surface area (Å²) in [6.45, 7) is 1.89. The molecule has 0 bridgehead atoms. The second-order valence-corrected chi connectivity index (χ2v) is 9.95. The summed E-state index contributed by atoms with van der Waals surface area (Å²) in [6.07, 6.45) is 4.66. The lowest BCUT2D eigenvalue weighted by atomic mass is 10.00. The first-order chi connectivity index (χ1) is 19.1. The van der Waals surface area contributed by atoms with Crippen LogP contribution in [0.25, 0.3) is 43.7 Å². The van der Waals surface area contributed by atoms with Crippen molar-refractivity contribution in [2.45, 2.75) is 19.0 Å². The lowest BCUT2D eigenvalue weighted by Gasteiger charge is -2.10. The molecule has 3 aromatic heterocycles. The highest BCUT2D eigenvalue weighted by molar-refractivity contribution is 6.03. The minimum Gasteiger partial charge on any atom is -0.465 e. The van der Waals surface area contributed by atoms with Crippen LogP contribution in [0.4, 0.5) is 5.82 Å². The van der Waals surface area contributed by atoms with Crippen LogP contribution in [0.1, 0.15) is 28.5 Å². The number of hydrogen-bond donors (Lipinski definition) is 1. The van der Waals surface area contributed by atoms with Gasteiger partial charge in [-0.05, 0) is 59.3 Å². The average molecular weight is 518 g/mol. The predicted molar refractivity (Wildman–Crippen MR) is 152 cm³/mol. The minimum absolute atomic E-state index is 0.186. The zero-order valence-electron chi connectivity index (χ0n) is 21.5. The first kappa shape index (κ1) is 23.4. The molecule has 1 fully saturated rings. The highest BCUT2D eigenvalue weighted by atomic mass is 16.5. The highest BCUT2D eigenvalue weighted by Crippen LogP contribution is 2.33. The van der Waals surface area contributed by atoms with Crippen molar-refractivity contribution in [1.29, 1.82) is 0 Å². The van der Waals surface area contributed by atoms with Crippen molar-refractivity contribution in [2.24, 2.45) is 0 Å². The van der Waals surface area contributed by atoms with E-state index in [9.17, 15) is 4.79 Å². The Kier molecular flexibility index (Phi) is 5.56. The lowest BCUT2D eigenvalue weighted by Crippen LogP contribution is -2.11. The van der Waals surface area contributed by atoms with E-state index in [0.717, 1.165) is 62.4 Å². The van der Waals surface area contributed by atoms with Crippen LogP contribution in [0.3, 0.4) is 0 Å². The van der Waals surface area contributed by atoms with Gasteiger partial charge in [-0.1, -0.05) is 30.3 Å². The van der Waals surface area contributed by atoms with Crippen LogP contribution < -0.4 is 5.73 Å². The van der Waals surface area contributed by atoms with Crippen molar-refractivity contribution >= 4 is 44.4 Å². The van der Waals surface area contributed by atoms with Crippen molar-refractivity contribution in [3.05, 3.63) is 90.4 Å². The summed E-state index contributed by atoms with van der Waals surface area (Å²) in [5.74, 6) is 0.164. The van der Waals surface area contributed by atoms with Gasteiger partial charge in [-0.3, -0.25) is 4.68 Å². The van der Waals surface area contributed by atoms with Gasteiger partial charge in [0, 0.05) is 35.2 Å². The normalized spacial score (nSPS) is 15.5. The second kappa shape index (κ2) is 9.25. The van der Waals surface area contributed by atoms with Crippen LogP contribution >= 0.6 is 0 Å². The molecule has 0 amide bonds. The van der Waals surface area contributed by atoms with E-state index in [0.29, 0.717) is 24.5 Å². The third kappa shape index (κ3) is 3.92. The van der Waals surface area contributed by atoms with Gasteiger partial charge in [-0.25, -0.2) is 9.78 Å². The molecule has 194 valence electrons. The van der Waals surface area contributed by atoms with Crippen molar-refractivity contribution in [3.8, 4) is 11.1 Å². The van der Waals surface area contributed by atoms with E-state index in [-0.39, 0.29) is 12.0 Å². The van der Waals surface area contributed by atoms with E-state index in [1.165, 1.54) is 7.11 Å². The number of rotatable bonds is 5. The molecule has 0 aliphatic carbocycles. The number of carbonyl (C=O) groups excluding carboxylic acids is 1. The number of hydrogen-bond acceptors (Lipinski definition) is 6. The number of ether oxygens (including phenoxy) is 2. The Morgan fingerprint density at radius 3 is 2.72 bits per heavy atom. The highest BCUT2D eigenvalue weighted by Gasteiger charge is 2.23. The van der Waals surface area contributed by atoms with E-state index in [4.69, 9.17) is 20.3 Å². The topological polar surface area (TPSA) is 97.2 Å². The maximum absolute atomic E-state index is 12.6. The number of nitrogens with zero attached hydrogens (tertiary/aromatic N) is 4.